The fraction of sp³-hybridized carbons (Fsp3) is 0.867. The Morgan fingerprint density at radius 3 is 2.63 bits per heavy atom. The standard InChI is InChI=1S/C15H20O4/c1-14(2)6-15(14,3)13(17)19-10-7-4-8-9(5-7)12(16)18-11(8)10/h7-11H,4-6H2,1-3H3. The highest BCUT2D eigenvalue weighted by molar-refractivity contribution is 5.82. The van der Waals surface area contributed by atoms with Crippen LogP contribution in [0.1, 0.15) is 40.0 Å². The van der Waals surface area contributed by atoms with Crippen molar-refractivity contribution in [2.45, 2.75) is 52.2 Å². The van der Waals surface area contributed by atoms with E-state index in [0.717, 1.165) is 19.3 Å². The minimum Gasteiger partial charge on any atom is -0.458 e. The van der Waals surface area contributed by atoms with Gasteiger partial charge in [0.1, 0.15) is 12.2 Å². The van der Waals surface area contributed by atoms with Crippen molar-refractivity contribution in [2.75, 3.05) is 0 Å². The van der Waals surface area contributed by atoms with Crippen LogP contribution in [0.5, 0.6) is 0 Å². The van der Waals surface area contributed by atoms with Crippen molar-refractivity contribution < 1.29 is 19.1 Å². The van der Waals surface area contributed by atoms with Crippen LogP contribution >= 0.6 is 0 Å². The van der Waals surface area contributed by atoms with Crippen LogP contribution in [-0.4, -0.2) is 24.1 Å². The highest BCUT2D eigenvalue weighted by Crippen LogP contribution is 2.64. The van der Waals surface area contributed by atoms with E-state index in [2.05, 4.69) is 13.8 Å². The molecule has 104 valence electrons. The van der Waals surface area contributed by atoms with Gasteiger partial charge in [-0.3, -0.25) is 9.59 Å². The van der Waals surface area contributed by atoms with Gasteiger partial charge in [0.05, 0.1) is 11.3 Å². The van der Waals surface area contributed by atoms with Crippen molar-refractivity contribution in [3.63, 3.8) is 0 Å². The topological polar surface area (TPSA) is 52.6 Å². The van der Waals surface area contributed by atoms with Crippen LogP contribution in [0.4, 0.5) is 0 Å². The van der Waals surface area contributed by atoms with Gasteiger partial charge in [0, 0.05) is 11.8 Å². The van der Waals surface area contributed by atoms with E-state index < -0.39 is 0 Å². The molecule has 0 aromatic carbocycles. The summed E-state index contributed by atoms with van der Waals surface area (Å²) < 4.78 is 11.2. The molecule has 4 fully saturated rings. The molecule has 4 nitrogen and oxygen atoms in total. The Morgan fingerprint density at radius 1 is 1.32 bits per heavy atom. The number of rotatable bonds is 2. The van der Waals surface area contributed by atoms with Crippen LogP contribution in [0, 0.1) is 28.6 Å². The molecule has 6 unspecified atom stereocenters. The Hall–Kier alpha value is -1.06. The van der Waals surface area contributed by atoms with Crippen LogP contribution in [-0.2, 0) is 19.1 Å². The second-order valence-corrected chi connectivity index (χ2v) is 7.67. The van der Waals surface area contributed by atoms with Gasteiger partial charge in [0.25, 0.3) is 0 Å². The van der Waals surface area contributed by atoms with Crippen molar-refractivity contribution in [1.29, 1.82) is 0 Å². The second-order valence-electron chi connectivity index (χ2n) is 7.67. The average molecular weight is 264 g/mol. The molecule has 19 heavy (non-hydrogen) atoms. The molecule has 1 saturated heterocycles. The maximum atomic E-state index is 12.4. The third-order valence-corrected chi connectivity index (χ3v) is 6.27. The van der Waals surface area contributed by atoms with Gasteiger partial charge in [0.15, 0.2) is 0 Å². The lowest BCUT2D eigenvalue weighted by molar-refractivity contribution is -0.167. The summed E-state index contributed by atoms with van der Waals surface area (Å²) in [5, 5.41) is 0. The summed E-state index contributed by atoms with van der Waals surface area (Å²) in [5.74, 6) is 0.539. The number of ether oxygens (including phenoxy) is 2. The quantitative estimate of drug-likeness (QED) is 0.715. The molecule has 4 aliphatic rings. The van der Waals surface area contributed by atoms with Crippen molar-refractivity contribution in [3.05, 3.63) is 0 Å². The first-order chi connectivity index (χ1) is 8.83. The zero-order valence-electron chi connectivity index (χ0n) is 11.6. The maximum Gasteiger partial charge on any atom is 0.312 e. The Labute approximate surface area is 112 Å². The van der Waals surface area contributed by atoms with E-state index in [-0.39, 0.29) is 40.9 Å². The van der Waals surface area contributed by atoms with E-state index in [1.54, 1.807) is 0 Å². The number of hydrogen-bond donors (Lipinski definition) is 0. The molecule has 4 heteroatoms. The Kier molecular flexibility index (Phi) is 1.95. The first kappa shape index (κ1) is 11.7. The summed E-state index contributed by atoms with van der Waals surface area (Å²) in [6, 6.07) is 0. The van der Waals surface area contributed by atoms with Gasteiger partial charge >= 0.3 is 11.9 Å². The van der Waals surface area contributed by atoms with E-state index >= 15 is 0 Å². The molecule has 4 rings (SSSR count). The molecule has 2 bridgehead atoms. The van der Waals surface area contributed by atoms with Crippen molar-refractivity contribution >= 4 is 11.9 Å². The molecule has 0 spiro atoms. The molecule has 0 aromatic rings. The second kappa shape index (κ2) is 3.15. The van der Waals surface area contributed by atoms with Gasteiger partial charge in [-0.2, -0.15) is 0 Å². The SMILES string of the molecule is CC1(C)CC1(C)C(=O)OC1C2CC3C(=O)OC1C3C2. The summed E-state index contributed by atoms with van der Waals surface area (Å²) in [7, 11) is 0. The maximum absolute atomic E-state index is 12.4. The Bertz CT molecular complexity index is 483. The molecule has 0 radical (unpaired) electrons. The Balaban J connectivity index is 1.51. The molecule has 3 aliphatic carbocycles. The van der Waals surface area contributed by atoms with E-state index in [9.17, 15) is 9.59 Å². The van der Waals surface area contributed by atoms with Gasteiger partial charge < -0.3 is 9.47 Å². The summed E-state index contributed by atoms with van der Waals surface area (Å²) in [6.07, 6.45) is 2.36. The van der Waals surface area contributed by atoms with Gasteiger partial charge in [-0.05, 0) is 31.6 Å². The van der Waals surface area contributed by atoms with Crippen LogP contribution in [0.3, 0.4) is 0 Å². The molecule has 1 heterocycles. The van der Waals surface area contributed by atoms with E-state index in [0.29, 0.717) is 11.8 Å². The lowest BCUT2D eigenvalue weighted by Crippen LogP contribution is -2.38. The normalized spacial score (nSPS) is 52.2. The summed E-state index contributed by atoms with van der Waals surface area (Å²) >= 11 is 0. The van der Waals surface area contributed by atoms with Gasteiger partial charge in [-0.15, -0.1) is 0 Å². The van der Waals surface area contributed by atoms with Crippen molar-refractivity contribution in [2.24, 2.45) is 28.6 Å². The minimum absolute atomic E-state index is 0.0383. The highest BCUT2D eigenvalue weighted by Gasteiger charge is 2.67. The predicted octanol–water partition coefficient (Wildman–Crippen LogP) is 1.92. The molecular weight excluding hydrogens is 244 g/mol. The Morgan fingerprint density at radius 2 is 2.00 bits per heavy atom. The van der Waals surface area contributed by atoms with Crippen LogP contribution in [0.2, 0.25) is 0 Å². The molecular formula is C15H20O4. The van der Waals surface area contributed by atoms with Crippen LogP contribution < -0.4 is 0 Å². The highest BCUT2D eigenvalue weighted by atomic mass is 16.6. The summed E-state index contributed by atoms with van der Waals surface area (Å²) in [5.41, 5.74) is -0.312. The lowest BCUT2D eigenvalue weighted by atomic mass is 9.88. The lowest BCUT2D eigenvalue weighted by Gasteiger charge is -2.27. The molecule has 3 saturated carbocycles. The average Bonchev–Trinajstić information content (AvgIpc) is 2.72. The smallest absolute Gasteiger partial charge is 0.312 e. The number of carbonyl (C=O) groups excluding carboxylic acids is 2. The zero-order chi connectivity index (χ0) is 13.6. The van der Waals surface area contributed by atoms with E-state index in [1.807, 2.05) is 6.92 Å². The third-order valence-electron chi connectivity index (χ3n) is 6.27. The van der Waals surface area contributed by atoms with Crippen molar-refractivity contribution in [1.82, 2.24) is 0 Å². The van der Waals surface area contributed by atoms with Crippen LogP contribution in [0.25, 0.3) is 0 Å². The number of fused-ring (bicyclic) bond motifs is 1. The molecule has 0 N–H and O–H groups in total. The fourth-order valence-electron chi connectivity index (χ4n) is 4.51. The molecule has 0 aromatic heterocycles. The number of hydrogen-bond acceptors (Lipinski definition) is 4. The van der Waals surface area contributed by atoms with Gasteiger partial charge in [-0.25, -0.2) is 0 Å². The van der Waals surface area contributed by atoms with Crippen LogP contribution in [0.15, 0.2) is 0 Å². The van der Waals surface area contributed by atoms with E-state index in [1.165, 1.54) is 0 Å². The molecule has 1 aliphatic heterocycles. The van der Waals surface area contributed by atoms with Gasteiger partial charge in [0.2, 0.25) is 0 Å². The molecule has 0 amide bonds. The summed E-state index contributed by atoms with van der Waals surface area (Å²) in [6.45, 7) is 6.17. The first-order valence-electron chi connectivity index (χ1n) is 7.25. The summed E-state index contributed by atoms with van der Waals surface area (Å²) in [4.78, 5) is 24.0. The largest absolute Gasteiger partial charge is 0.458 e. The zero-order valence-corrected chi connectivity index (χ0v) is 11.6. The third kappa shape index (κ3) is 1.30. The number of esters is 2. The number of carbonyl (C=O) groups is 2. The van der Waals surface area contributed by atoms with Gasteiger partial charge in [-0.1, -0.05) is 13.8 Å². The van der Waals surface area contributed by atoms with E-state index in [4.69, 9.17) is 9.47 Å². The minimum atomic E-state index is -0.350. The first-order valence-corrected chi connectivity index (χ1v) is 7.25. The monoisotopic (exact) mass is 264 g/mol. The van der Waals surface area contributed by atoms with Crippen molar-refractivity contribution in [3.8, 4) is 0 Å². The predicted molar refractivity (Wildman–Crippen MR) is 66.0 cm³/mol. The fourth-order valence-corrected chi connectivity index (χ4v) is 4.51. The molecule has 6 atom stereocenters.